The lowest BCUT2D eigenvalue weighted by molar-refractivity contribution is 0.303. The van der Waals surface area contributed by atoms with E-state index in [9.17, 15) is 0 Å². The number of hydrogen-bond acceptors (Lipinski definition) is 4. The largest absolute Gasteiger partial charge is 0.477 e. The Morgan fingerprint density at radius 2 is 2.05 bits per heavy atom. The monoisotopic (exact) mass is 291 g/mol. The Kier molecular flexibility index (Phi) is 4.90. The fourth-order valence-corrected chi connectivity index (χ4v) is 1.85. The summed E-state index contributed by atoms with van der Waals surface area (Å²) in [6.07, 6.45) is 2.51. The molecule has 0 radical (unpaired) electrons. The second kappa shape index (κ2) is 6.66. The molecule has 0 spiro atoms. The lowest BCUT2D eigenvalue weighted by Gasteiger charge is -2.12. The summed E-state index contributed by atoms with van der Waals surface area (Å²) in [4.78, 5) is 12.9. The molecule has 5 heteroatoms. The first-order valence-corrected chi connectivity index (χ1v) is 7.02. The molecule has 2 aromatic rings. The van der Waals surface area contributed by atoms with Crippen LogP contribution < -0.4 is 4.74 Å². The molecule has 0 aromatic carbocycles. The second-order valence-corrected chi connectivity index (χ2v) is 5.24. The van der Waals surface area contributed by atoms with Crippen LogP contribution in [0.4, 0.5) is 0 Å². The molecule has 0 aliphatic heterocycles. The lowest BCUT2D eigenvalue weighted by atomic mass is 10.2. The third kappa shape index (κ3) is 3.67. The molecule has 2 rings (SSSR count). The van der Waals surface area contributed by atoms with Crippen molar-refractivity contribution < 1.29 is 4.74 Å². The topological polar surface area (TPSA) is 47.9 Å². The Hall–Kier alpha value is -1.68. The van der Waals surface area contributed by atoms with Crippen LogP contribution in [0.25, 0.3) is 0 Å². The van der Waals surface area contributed by atoms with Crippen molar-refractivity contribution in [2.24, 2.45) is 0 Å². The molecular formula is C15H18ClN3O. The van der Waals surface area contributed by atoms with Crippen molar-refractivity contribution in [1.29, 1.82) is 0 Å². The number of aromatic nitrogens is 3. The summed E-state index contributed by atoms with van der Waals surface area (Å²) >= 11 is 6.12. The maximum Gasteiger partial charge on any atom is 0.221 e. The predicted molar refractivity (Wildman–Crippen MR) is 79.3 cm³/mol. The van der Waals surface area contributed by atoms with E-state index >= 15 is 0 Å². The van der Waals surface area contributed by atoms with Gasteiger partial charge in [-0.2, -0.15) is 4.98 Å². The van der Waals surface area contributed by atoms with Crippen molar-refractivity contribution in [3.8, 4) is 5.88 Å². The van der Waals surface area contributed by atoms with Gasteiger partial charge in [-0.3, -0.25) is 4.98 Å². The highest BCUT2D eigenvalue weighted by atomic mass is 35.5. The Labute approximate surface area is 124 Å². The summed E-state index contributed by atoms with van der Waals surface area (Å²) in [6.45, 7) is 6.43. The zero-order chi connectivity index (χ0) is 14.5. The number of halogens is 1. The molecule has 0 fully saturated rings. The number of nitrogens with zero attached hydrogens (tertiary/aromatic N) is 3. The normalized spacial score (nSPS) is 10.8. The smallest absolute Gasteiger partial charge is 0.221 e. The highest BCUT2D eigenvalue weighted by molar-refractivity contribution is 6.30. The van der Waals surface area contributed by atoms with Crippen LogP contribution in [0.15, 0.2) is 24.4 Å². The molecule has 0 bridgehead atoms. The molecule has 0 aliphatic rings. The standard InChI is InChI=1S/C15H18ClN3O/c1-10(2)14-18-13(16)11(3)15(19-14)20-9-7-12-6-4-5-8-17-12/h4-6,8,10H,7,9H2,1-3H3. The molecule has 2 heterocycles. The first-order chi connectivity index (χ1) is 9.58. The number of rotatable bonds is 5. The van der Waals surface area contributed by atoms with Crippen LogP contribution in [0, 0.1) is 6.92 Å². The van der Waals surface area contributed by atoms with Gasteiger partial charge >= 0.3 is 0 Å². The number of ether oxygens (including phenoxy) is 1. The quantitative estimate of drug-likeness (QED) is 0.790. The van der Waals surface area contributed by atoms with Gasteiger partial charge in [-0.1, -0.05) is 31.5 Å². The van der Waals surface area contributed by atoms with Crippen LogP contribution >= 0.6 is 11.6 Å². The Bertz CT molecular complexity index is 573. The van der Waals surface area contributed by atoms with Crippen LogP contribution in [0.1, 0.15) is 36.8 Å². The van der Waals surface area contributed by atoms with Gasteiger partial charge in [0.1, 0.15) is 11.0 Å². The minimum Gasteiger partial charge on any atom is -0.477 e. The molecule has 4 nitrogen and oxygen atoms in total. The summed E-state index contributed by atoms with van der Waals surface area (Å²) in [5.74, 6) is 1.48. The third-order valence-electron chi connectivity index (χ3n) is 2.90. The molecule has 0 saturated carbocycles. The zero-order valence-electron chi connectivity index (χ0n) is 11.9. The highest BCUT2D eigenvalue weighted by Gasteiger charge is 2.12. The van der Waals surface area contributed by atoms with E-state index in [-0.39, 0.29) is 5.92 Å². The van der Waals surface area contributed by atoms with E-state index < -0.39 is 0 Å². The van der Waals surface area contributed by atoms with Crippen LogP contribution in [-0.2, 0) is 6.42 Å². The van der Waals surface area contributed by atoms with Crippen LogP contribution in [0.3, 0.4) is 0 Å². The van der Waals surface area contributed by atoms with E-state index in [1.54, 1.807) is 6.20 Å². The van der Waals surface area contributed by atoms with Gasteiger partial charge in [0.2, 0.25) is 5.88 Å². The highest BCUT2D eigenvalue weighted by Crippen LogP contribution is 2.24. The average molecular weight is 292 g/mol. The van der Waals surface area contributed by atoms with Crippen LogP contribution in [0.5, 0.6) is 5.88 Å². The molecule has 106 valence electrons. The van der Waals surface area contributed by atoms with Crippen molar-refractivity contribution in [2.45, 2.75) is 33.1 Å². The van der Waals surface area contributed by atoms with E-state index in [2.05, 4.69) is 15.0 Å². The van der Waals surface area contributed by atoms with Crippen LogP contribution in [-0.4, -0.2) is 21.6 Å². The molecule has 0 unspecified atom stereocenters. The summed E-state index contributed by atoms with van der Waals surface area (Å²) < 4.78 is 5.74. The van der Waals surface area contributed by atoms with Crippen molar-refractivity contribution >= 4 is 11.6 Å². The molecular weight excluding hydrogens is 274 g/mol. The molecule has 20 heavy (non-hydrogen) atoms. The van der Waals surface area contributed by atoms with E-state index in [4.69, 9.17) is 16.3 Å². The van der Waals surface area contributed by atoms with Gasteiger partial charge in [-0.05, 0) is 19.1 Å². The Morgan fingerprint density at radius 3 is 2.70 bits per heavy atom. The summed E-state index contributed by atoms with van der Waals surface area (Å²) in [6, 6.07) is 5.84. The first-order valence-electron chi connectivity index (χ1n) is 6.64. The molecule has 0 aliphatic carbocycles. The average Bonchev–Trinajstić information content (AvgIpc) is 2.44. The molecule has 0 N–H and O–H groups in total. The summed E-state index contributed by atoms with van der Waals surface area (Å²) in [5, 5.41) is 0.455. The second-order valence-electron chi connectivity index (χ2n) is 4.88. The summed E-state index contributed by atoms with van der Waals surface area (Å²) in [5.41, 5.74) is 1.77. The van der Waals surface area contributed by atoms with Gasteiger partial charge in [0.25, 0.3) is 0 Å². The van der Waals surface area contributed by atoms with E-state index in [1.165, 1.54) is 0 Å². The van der Waals surface area contributed by atoms with Crippen molar-refractivity contribution in [2.75, 3.05) is 6.61 Å². The minimum absolute atomic E-state index is 0.214. The number of hydrogen-bond donors (Lipinski definition) is 0. The lowest BCUT2D eigenvalue weighted by Crippen LogP contribution is -2.08. The molecule has 0 saturated heterocycles. The first kappa shape index (κ1) is 14.7. The molecule has 0 atom stereocenters. The third-order valence-corrected chi connectivity index (χ3v) is 3.27. The van der Waals surface area contributed by atoms with Crippen molar-refractivity contribution in [1.82, 2.24) is 15.0 Å². The van der Waals surface area contributed by atoms with Gasteiger partial charge in [0.15, 0.2) is 0 Å². The van der Waals surface area contributed by atoms with E-state index in [1.807, 2.05) is 39.0 Å². The Balaban J connectivity index is 2.05. The molecule has 2 aromatic heterocycles. The number of pyridine rings is 1. The van der Waals surface area contributed by atoms with Gasteiger partial charge in [-0.15, -0.1) is 0 Å². The maximum absolute atomic E-state index is 6.12. The zero-order valence-corrected chi connectivity index (χ0v) is 12.7. The van der Waals surface area contributed by atoms with Crippen LogP contribution in [0.2, 0.25) is 5.15 Å². The van der Waals surface area contributed by atoms with E-state index in [0.29, 0.717) is 23.5 Å². The van der Waals surface area contributed by atoms with Gasteiger partial charge in [0.05, 0.1) is 6.61 Å². The SMILES string of the molecule is Cc1c(Cl)nc(C(C)C)nc1OCCc1ccccn1. The Morgan fingerprint density at radius 1 is 1.25 bits per heavy atom. The van der Waals surface area contributed by atoms with Crippen molar-refractivity contribution in [3.05, 3.63) is 46.6 Å². The van der Waals surface area contributed by atoms with E-state index in [0.717, 1.165) is 17.7 Å². The fraction of sp³-hybridized carbons (Fsp3) is 0.400. The minimum atomic E-state index is 0.214. The van der Waals surface area contributed by atoms with Gasteiger partial charge in [0, 0.05) is 29.8 Å². The summed E-state index contributed by atoms with van der Waals surface area (Å²) in [7, 11) is 0. The fourth-order valence-electron chi connectivity index (χ4n) is 1.68. The van der Waals surface area contributed by atoms with Gasteiger partial charge in [-0.25, -0.2) is 4.98 Å². The predicted octanol–water partition coefficient (Wildman–Crippen LogP) is 3.58. The molecule has 0 amide bonds. The van der Waals surface area contributed by atoms with Crippen molar-refractivity contribution in [3.63, 3.8) is 0 Å². The maximum atomic E-state index is 6.12. The van der Waals surface area contributed by atoms with Gasteiger partial charge < -0.3 is 4.74 Å².